The Morgan fingerprint density at radius 3 is 2.62 bits per heavy atom. The molecule has 6 rings (SSSR count). The number of sulfonamides is 1. The Bertz CT molecular complexity index is 1770. The summed E-state index contributed by atoms with van der Waals surface area (Å²) in [5, 5.41) is 1.28. The maximum Gasteiger partial charge on any atom is 0.326 e. The second-order valence-corrected chi connectivity index (χ2v) is 13.7. The largest absolute Gasteiger partial charge is 0.341 e. The molecule has 2 saturated heterocycles. The summed E-state index contributed by atoms with van der Waals surface area (Å²) in [4.78, 5) is 45.0. The number of para-hydroxylation sites is 2. The summed E-state index contributed by atoms with van der Waals surface area (Å²) in [5.41, 5.74) is 1.48. The number of amides is 2. The molecule has 0 spiro atoms. The van der Waals surface area contributed by atoms with Crippen LogP contribution >= 0.6 is 22.9 Å². The van der Waals surface area contributed by atoms with Gasteiger partial charge in [-0.1, -0.05) is 29.8 Å². The van der Waals surface area contributed by atoms with Crippen LogP contribution in [0.3, 0.4) is 0 Å². The number of hydrogen-bond donors (Lipinski definition) is 2. The van der Waals surface area contributed by atoms with Crippen LogP contribution in [0.5, 0.6) is 0 Å². The van der Waals surface area contributed by atoms with Gasteiger partial charge in [0.05, 0.1) is 17.6 Å². The summed E-state index contributed by atoms with van der Waals surface area (Å²) in [6, 6.07) is 13.3. The number of carbonyl (C=O) groups is 2. The molecule has 2 N–H and O–H groups in total. The van der Waals surface area contributed by atoms with Crippen molar-refractivity contribution in [3.8, 4) is 0 Å². The third kappa shape index (κ3) is 5.16. The van der Waals surface area contributed by atoms with E-state index in [9.17, 15) is 22.8 Å². The van der Waals surface area contributed by atoms with Crippen molar-refractivity contribution in [3.63, 3.8) is 0 Å². The Kier molecular flexibility index (Phi) is 7.19. The molecule has 0 radical (unpaired) electrons. The van der Waals surface area contributed by atoms with E-state index in [0.717, 1.165) is 32.5 Å². The number of rotatable bonds is 6. The lowest BCUT2D eigenvalue weighted by Crippen LogP contribution is -2.55. The number of thiophene rings is 1. The van der Waals surface area contributed by atoms with Gasteiger partial charge in [-0.05, 0) is 61.4 Å². The third-order valence-electron chi connectivity index (χ3n) is 7.68. The first-order chi connectivity index (χ1) is 19.2. The number of likely N-dealkylation sites (tertiary alicyclic amines) is 2. The van der Waals surface area contributed by atoms with Crippen molar-refractivity contribution in [3.05, 3.63) is 64.0 Å². The summed E-state index contributed by atoms with van der Waals surface area (Å²) >= 11 is 7.13. The minimum atomic E-state index is -3.93. The van der Waals surface area contributed by atoms with Crippen LogP contribution in [0, 0.1) is 0 Å². The van der Waals surface area contributed by atoms with Gasteiger partial charge in [-0.25, -0.2) is 13.2 Å². The number of halogens is 1. The van der Waals surface area contributed by atoms with Crippen molar-refractivity contribution in [2.75, 3.05) is 26.2 Å². The molecule has 2 aromatic carbocycles. The molecule has 0 aliphatic carbocycles. The summed E-state index contributed by atoms with van der Waals surface area (Å²) in [5.74, 6) is -0.574. The van der Waals surface area contributed by atoms with Gasteiger partial charge in [-0.15, -0.1) is 11.3 Å². The average Bonchev–Trinajstić information content (AvgIpc) is 3.51. The number of H-pyrrole nitrogens is 1. The molecule has 2 amide bonds. The van der Waals surface area contributed by atoms with E-state index in [1.807, 2.05) is 24.3 Å². The van der Waals surface area contributed by atoms with Gasteiger partial charge in [-0.3, -0.25) is 14.2 Å². The van der Waals surface area contributed by atoms with Crippen LogP contribution in [0.15, 0.2) is 57.5 Å². The normalized spacial score (nSPS) is 19.1. The van der Waals surface area contributed by atoms with Crippen LogP contribution in [0.2, 0.25) is 5.02 Å². The fraction of sp³-hybridized carbons (Fsp3) is 0.370. The maximum atomic E-state index is 13.2. The van der Waals surface area contributed by atoms with E-state index >= 15 is 0 Å². The first kappa shape index (κ1) is 27.0. The lowest BCUT2D eigenvalue weighted by Gasteiger charge is -2.36. The highest BCUT2D eigenvalue weighted by Gasteiger charge is 2.35. The summed E-state index contributed by atoms with van der Waals surface area (Å²) in [6.45, 7) is 1.24. The Labute approximate surface area is 239 Å². The molecule has 10 nitrogen and oxygen atoms in total. The van der Waals surface area contributed by atoms with Gasteiger partial charge in [0.25, 0.3) is 10.0 Å². The van der Waals surface area contributed by atoms with Crippen LogP contribution < -0.4 is 10.4 Å². The molecule has 4 aromatic rings. The maximum absolute atomic E-state index is 13.2. The summed E-state index contributed by atoms with van der Waals surface area (Å²) < 4.78 is 31.4. The molecule has 1 atom stereocenters. The minimum Gasteiger partial charge on any atom is -0.341 e. The van der Waals surface area contributed by atoms with Crippen molar-refractivity contribution in [2.45, 2.75) is 42.0 Å². The quantitative estimate of drug-likeness (QED) is 0.351. The fourth-order valence-electron chi connectivity index (χ4n) is 5.64. The molecule has 2 fully saturated rings. The van der Waals surface area contributed by atoms with Crippen molar-refractivity contribution < 1.29 is 18.0 Å². The van der Waals surface area contributed by atoms with E-state index in [1.54, 1.807) is 33.7 Å². The van der Waals surface area contributed by atoms with Gasteiger partial charge in [0.2, 0.25) is 11.8 Å². The van der Waals surface area contributed by atoms with Crippen LogP contribution in [0.4, 0.5) is 0 Å². The second kappa shape index (κ2) is 10.7. The highest BCUT2D eigenvalue weighted by Crippen LogP contribution is 2.31. The van der Waals surface area contributed by atoms with Crippen LogP contribution in [0.1, 0.15) is 31.7 Å². The first-order valence-corrected chi connectivity index (χ1v) is 15.8. The Balaban J connectivity index is 1.08. The highest BCUT2D eigenvalue weighted by molar-refractivity contribution is 7.91. The van der Waals surface area contributed by atoms with E-state index in [2.05, 4.69) is 9.71 Å². The van der Waals surface area contributed by atoms with Crippen LogP contribution in [-0.2, 0) is 19.6 Å². The van der Waals surface area contributed by atoms with E-state index in [1.165, 1.54) is 4.90 Å². The van der Waals surface area contributed by atoms with Gasteiger partial charge in [0.15, 0.2) is 0 Å². The second-order valence-electron chi connectivity index (χ2n) is 10.3. The summed E-state index contributed by atoms with van der Waals surface area (Å²) in [6.07, 6.45) is 2.21. The molecular weight excluding hydrogens is 574 g/mol. The number of hydrogen-bond acceptors (Lipinski definition) is 6. The van der Waals surface area contributed by atoms with Gasteiger partial charge in [-0.2, -0.15) is 4.72 Å². The number of nitrogens with zero attached hydrogens (tertiary/aromatic N) is 3. The van der Waals surface area contributed by atoms with E-state index in [-0.39, 0.29) is 28.4 Å². The topological polar surface area (TPSA) is 125 Å². The molecular formula is C27H28ClN5O5S2. The molecule has 0 bridgehead atoms. The molecule has 2 aromatic heterocycles. The van der Waals surface area contributed by atoms with Crippen LogP contribution in [-0.4, -0.2) is 71.8 Å². The predicted octanol–water partition coefficient (Wildman–Crippen LogP) is 3.33. The number of benzene rings is 2. The number of fused-ring (bicyclic) bond motifs is 2. The fourth-order valence-corrected chi connectivity index (χ4v) is 8.55. The zero-order valence-corrected chi connectivity index (χ0v) is 23.9. The molecule has 0 saturated carbocycles. The predicted molar refractivity (Wildman–Crippen MR) is 154 cm³/mol. The number of piperidine rings is 2. The van der Waals surface area contributed by atoms with Gasteiger partial charge >= 0.3 is 5.69 Å². The lowest BCUT2D eigenvalue weighted by molar-refractivity contribution is -0.143. The monoisotopic (exact) mass is 601 g/mol. The summed E-state index contributed by atoms with van der Waals surface area (Å²) in [7, 11) is -3.93. The zero-order chi connectivity index (χ0) is 28.0. The van der Waals surface area contributed by atoms with E-state index in [0.29, 0.717) is 50.3 Å². The highest BCUT2D eigenvalue weighted by atomic mass is 35.5. The number of imidazole rings is 1. The Morgan fingerprint density at radius 2 is 1.82 bits per heavy atom. The van der Waals surface area contributed by atoms with Crippen molar-refractivity contribution >= 4 is 65.9 Å². The molecule has 210 valence electrons. The third-order valence-corrected chi connectivity index (χ3v) is 11.0. The Hall–Kier alpha value is -3.19. The van der Waals surface area contributed by atoms with E-state index in [4.69, 9.17) is 11.6 Å². The molecule has 2 aliphatic heterocycles. The van der Waals surface area contributed by atoms with Gasteiger partial charge in [0, 0.05) is 35.4 Å². The Morgan fingerprint density at radius 1 is 1.05 bits per heavy atom. The van der Waals surface area contributed by atoms with Gasteiger partial charge in [0.1, 0.15) is 10.3 Å². The number of carbonyl (C=O) groups excluding carboxylic acids is 2. The molecule has 4 heterocycles. The minimum absolute atomic E-state index is 0.0203. The van der Waals surface area contributed by atoms with Crippen LogP contribution in [0.25, 0.3) is 21.1 Å². The molecule has 13 heteroatoms. The standard InChI is InChI=1S/C27H28ClN5O5S2/c28-18-8-7-17-14-25(39-23(17)15-18)40(37,38)30-21-5-3-11-32(26(21)35)16-24(34)31-12-9-19(10-13-31)33-22-6-2-1-4-20(22)29-27(33)36/h1-2,4,6-8,14-15,19,21,30H,3,5,9-13,16H2,(H,29,36)/t21-/m0/s1. The smallest absolute Gasteiger partial charge is 0.326 e. The van der Waals surface area contributed by atoms with Crippen molar-refractivity contribution in [1.29, 1.82) is 0 Å². The van der Waals surface area contributed by atoms with Crippen molar-refractivity contribution in [1.82, 2.24) is 24.1 Å². The van der Waals surface area contributed by atoms with E-state index < -0.39 is 22.0 Å². The molecule has 0 unspecified atom stereocenters. The average molecular weight is 602 g/mol. The molecule has 40 heavy (non-hydrogen) atoms. The lowest BCUT2D eigenvalue weighted by atomic mass is 10.0. The van der Waals surface area contributed by atoms with Gasteiger partial charge < -0.3 is 14.8 Å². The number of nitrogens with one attached hydrogen (secondary N) is 2. The number of aromatic amines is 1. The number of aromatic nitrogens is 2. The first-order valence-electron chi connectivity index (χ1n) is 13.2. The SMILES string of the molecule is O=C(CN1CCC[C@H](NS(=O)(=O)c2cc3ccc(Cl)cc3s2)C1=O)N1CCC(n2c(=O)[nH]c3ccccc32)CC1. The zero-order valence-electron chi connectivity index (χ0n) is 21.5. The molecule has 2 aliphatic rings. The van der Waals surface area contributed by atoms with Crippen molar-refractivity contribution in [2.24, 2.45) is 0 Å².